The highest BCUT2D eigenvalue weighted by Gasteiger charge is 2.49. The highest BCUT2D eigenvalue weighted by Crippen LogP contribution is 2.31. The first-order valence-corrected chi connectivity index (χ1v) is 9.36. The van der Waals surface area contributed by atoms with E-state index in [1.807, 2.05) is 0 Å². The minimum atomic E-state index is -1.05. The van der Waals surface area contributed by atoms with E-state index in [-0.39, 0.29) is 6.61 Å². The maximum absolute atomic E-state index is 12.7. The van der Waals surface area contributed by atoms with E-state index in [2.05, 4.69) is 0 Å². The van der Waals surface area contributed by atoms with Gasteiger partial charge in [-0.25, -0.2) is 9.59 Å². The first kappa shape index (κ1) is 21.0. The number of benzene rings is 2. The Morgan fingerprint density at radius 2 is 1.38 bits per heavy atom. The number of methoxy groups -OCH3 is 1. The van der Waals surface area contributed by atoms with Gasteiger partial charge in [0.1, 0.15) is 0 Å². The Morgan fingerprint density at radius 3 is 1.83 bits per heavy atom. The van der Waals surface area contributed by atoms with Crippen LogP contribution in [0, 0.1) is 5.92 Å². The van der Waals surface area contributed by atoms with Crippen molar-refractivity contribution in [3.8, 4) is 0 Å². The van der Waals surface area contributed by atoms with Crippen molar-refractivity contribution in [3.63, 3.8) is 0 Å². The summed E-state index contributed by atoms with van der Waals surface area (Å²) in [6.07, 6.45) is -3.43. The third-order valence-electron chi connectivity index (χ3n) is 4.91. The van der Waals surface area contributed by atoms with Gasteiger partial charge >= 0.3 is 11.9 Å². The maximum Gasteiger partial charge on any atom is 0.338 e. The number of hydrogen-bond donors (Lipinski definition) is 1. The zero-order valence-electron chi connectivity index (χ0n) is 16.3. The first-order chi connectivity index (χ1) is 14.0. The second-order valence-corrected chi connectivity index (χ2v) is 6.76. The van der Waals surface area contributed by atoms with Crippen LogP contribution < -0.4 is 0 Å². The molecule has 1 aliphatic rings. The van der Waals surface area contributed by atoms with Crippen LogP contribution in [0.25, 0.3) is 0 Å². The van der Waals surface area contributed by atoms with Crippen LogP contribution in [0.5, 0.6) is 0 Å². The molecule has 0 aliphatic carbocycles. The quantitative estimate of drug-likeness (QED) is 0.745. The molecule has 1 saturated heterocycles. The van der Waals surface area contributed by atoms with Crippen molar-refractivity contribution in [2.45, 2.75) is 31.5 Å². The van der Waals surface area contributed by atoms with Crippen LogP contribution in [0.15, 0.2) is 60.7 Å². The van der Waals surface area contributed by atoms with Crippen molar-refractivity contribution < 1.29 is 33.6 Å². The van der Waals surface area contributed by atoms with Crippen LogP contribution in [-0.2, 0) is 18.9 Å². The Kier molecular flexibility index (Phi) is 6.98. The summed E-state index contributed by atoms with van der Waals surface area (Å²) in [6, 6.07) is 16.9. The Balaban J connectivity index is 1.87. The average Bonchev–Trinajstić information content (AvgIpc) is 2.76. The largest absolute Gasteiger partial charge is 0.454 e. The first-order valence-electron chi connectivity index (χ1n) is 9.36. The molecule has 0 radical (unpaired) electrons. The fourth-order valence-corrected chi connectivity index (χ4v) is 3.31. The SMILES string of the molecule is CO[C@H]1O[C@H](C)[C@@H](CO)[C@H](OC(=O)c2ccccc2)[C@H]1OC(=O)c1ccccc1. The van der Waals surface area contributed by atoms with Gasteiger partial charge in [0.2, 0.25) is 0 Å². The fraction of sp³-hybridized carbons (Fsp3) is 0.364. The Bertz CT molecular complexity index is 808. The van der Waals surface area contributed by atoms with Crippen LogP contribution in [0.3, 0.4) is 0 Å². The Morgan fingerprint density at radius 1 is 0.897 bits per heavy atom. The number of aliphatic hydroxyl groups is 1. The zero-order valence-corrected chi connectivity index (χ0v) is 16.3. The molecule has 0 spiro atoms. The molecule has 0 saturated carbocycles. The van der Waals surface area contributed by atoms with E-state index in [1.165, 1.54) is 7.11 Å². The van der Waals surface area contributed by atoms with E-state index < -0.39 is 42.5 Å². The number of ether oxygens (including phenoxy) is 4. The van der Waals surface area contributed by atoms with Crippen molar-refractivity contribution in [3.05, 3.63) is 71.8 Å². The van der Waals surface area contributed by atoms with Gasteiger partial charge in [0, 0.05) is 13.0 Å². The lowest BCUT2D eigenvalue weighted by Crippen LogP contribution is -2.58. The van der Waals surface area contributed by atoms with Gasteiger partial charge < -0.3 is 24.1 Å². The summed E-state index contributed by atoms with van der Waals surface area (Å²) in [5.74, 6) is -1.78. The average molecular weight is 400 g/mol. The summed E-state index contributed by atoms with van der Waals surface area (Å²) in [6.45, 7) is 1.43. The van der Waals surface area contributed by atoms with Crippen LogP contribution in [0.4, 0.5) is 0 Å². The van der Waals surface area contributed by atoms with Crippen molar-refractivity contribution in [2.75, 3.05) is 13.7 Å². The van der Waals surface area contributed by atoms with Gasteiger partial charge in [-0.15, -0.1) is 0 Å². The summed E-state index contributed by atoms with van der Waals surface area (Å²) < 4.78 is 22.4. The molecule has 0 bridgehead atoms. The molecule has 1 N–H and O–H groups in total. The van der Waals surface area contributed by atoms with E-state index in [0.29, 0.717) is 11.1 Å². The second kappa shape index (κ2) is 9.65. The standard InChI is InChI=1S/C22H24O7/c1-14-17(13-23)18(28-20(24)15-9-5-3-6-10-15)19(22(26-2)27-14)29-21(25)16-11-7-4-8-12-16/h3-12,14,17-19,22-23H,13H2,1-2H3/t14-,17-,18+,19-,22+/m1/s1. The van der Waals surface area contributed by atoms with E-state index in [4.69, 9.17) is 18.9 Å². The van der Waals surface area contributed by atoms with E-state index >= 15 is 0 Å². The minimum absolute atomic E-state index is 0.316. The van der Waals surface area contributed by atoms with Crippen LogP contribution in [-0.4, -0.2) is 55.4 Å². The van der Waals surface area contributed by atoms with Gasteiger partial charge in [0.05, 0.1) is 23.8 Å². The normalized spacial score (nSPS) is 26.5. The molecule has 1 heterocycles. The number of carbonyl (C=O) groups is 2. The molecule has 1 aliphatic heterocycles. The molecule has 1 fully saturated rings. The smallest absolute Gasteiger partial charge is 0.338 e. The molecule has 5 atom stereocenters. The molecule has 154 valence electrons. The molecular formula is C22H24O7. The fourth-order valence-electron chi connectivity index (χ4n) is 3.31. The highest BCUT2D eigenvalue weighted by atomic mass is 16.7. The molecule has 0 aromatic heterocycles. The number of aliphatic hydroxyl groups excluding tert-OH is 1. The highest BCUT2D eigenvalue weighted by molar-refractivity contribution is 5.90. The van der Waals surface area contributed by atoms with E-state index in [0.717, 1.165) is 0 Å². The topological polar surface area (TPSA) is 91.3 Å². The summed E-state index contributed by atoms with van der Waals surface area (Å²) in [7, 11) is 1.41. The van der Waals surface area contributed by atoms with Crippen LogP contribution in [0.2, 0.25) is 0 Å². The summed E-state index contributed by atoms with van der Waals surface area (Å²) in [5.41, 5.74) is 0.695. The third kappa shape index (κ3) is 4.82. The number of hydrogen-bond acceptors (Lipinski definition) is 7. The summed E-state index contributed by atoms with van der Waals surface area (Å²) in [4.78, 5) is 25.3. The van der Waals surface area contributed by atoms with E-state index in [1.54, 1.807) is 67.6 Å². The zero-order chi connectivity index (χ0) is 20.8. The lowest BCUT2D eigenvalue weighted by molar-refractivity contribution is -0.276. The molecular weight excluding hydrogens is 376 g/mol. The Hall–Kier alpha value is -2.74. The second-order valence-electron chi connectivity index (χ2n) is 6.76. The number of esters is 2. The molecule has 2 aromatic carbocycles. The lowest BCUT2D eigenvalue weighted by atomic mass is 9.90. The van der Waals surface area contributed by atoms with Crippen molar-refractivity contribution in [2.24, 2.45) is 5.92 Å². The molecule has 3 rings (SSSR count). The third-order valence-corrected chi connectivity index (χ3v) is 4.91. The van der Waals surface area contributed by atoms with Crippen LogP contribution >= 0.6 is 0 Å². The predicted molar refractivity (Wildman–Crippen MR) is 103 cm³/mol. The molecule has 2 aromatic rings. The summed E-state index contributed by atoms with van der Waals surface area (Å²) in [5, 5.41) is 9.89. The van der Waals surface area contributed by atoms with Gasteiger partial charge in [-0.3, -0.25) is 0 Å². The van der Waals surface area contributed by atoms with Crippen molar-refractivity contribution in [1.29, 1.82) is 0 Å². The number of rotatable bonds is 6. The van der Waals surface area contributed by atoms with Gasteiger partial charge in [-0.1, -0.05) is 36.4 Å². The van der Waals surface area contributed by atoms with Gasteiger partial charge in [-0.05, 0) is 31.2 Å². The molecule has 7 heteroatoms. The van der Waals surface area contributed by atoms with Crippen LogP contribution in [0.1, 0.15) is 27.6 Å². The Labute approximate surface area is 169 Å². The maximum atomic E-state index is 12.7. The molecule has 0 unspecified atom stereocenters. The lowest BCUT2D eigenvalue weighted by Gasteiger charge is -2.43. The van der Waals surface area contributed by atoms with Crippen molar-refractivity contribution in [1.82, 2.24) is 0 Å². The van der Waals surface area contributed by atoms with E-state index in [9.17, 15) is 14.7 Å². The monoisotopic (exact) mass is 400 g/mol. The number of carbonyl (C=O) groups excluding carboxylic acids is 2. The van der Waals surface area contributed by atoms with Gasteiger partial charge in [0.25, 0.3) is 0 Å². The molecule has 0 amide bonds. The predicted octanol–water partition coefficient (Wildman–Crippen LogP) is 2.44. The van der Waals surface area contributed by atoms with Gasteiger partial charge in [-0.2, -0.15) is 0 Å². The molecule has 7 nitrogen and oxygen atoms in total. The van der Waals surface area contributed by atoms with Crippen molar-refractivity contribution >= 4 is 11.9 Å². The minimum Gasteiger partial charge on any atom is -0.454 e. The summed E-state index contributed by atoms with van der Waals surface area (Å²) >= 11 is 0. The van der Waals surface area contributed by atoms with Gasteiger partial charge in [0.15, 0.2) is 18.5 Å². The molecule has 29 heavy (non-hydrogen) atoms.